The van der Waals surface area contributed by atoms with Crippen molar-refractivity contribution in [3.63, 3.8) is 0 Å². The van der Waals surface area contributed by atoms with E-state index < -0.39 is 0 Å². The molecule has 0 bridgehead atoms. The molecular formula is C16H13ClOS. The van der Waals surface area contributed by atoms with E-state index in [0.29, 0.717) is 0 Å². The van der Waals surface area contributed by atoms with Crippen LogP contribution in [0.25, 0.3) is 10.8 Å². The molecule has 1 aromatic heterocycles. The van der Waals surface area contributed by atoms with Gasteiger partial charge in [0.2, 0.25) is 0 Å². The molecule has 0 saturated carbocycles. The first kappa shape index (κ1) is 12.5. The third-order valence-electron chi connectivity index (χ3n) is 3.18. The van der Waals surface area contributed by atoms with Crippen LogP contribution in [0, 0.1) is 0 Å². The molecule has 1 atom stereocenters. The van der Waals surface area contributed by atoms with E-state index in [2.05, 4.69) is 30.3 Å². The minimum atomic E-state index is -0.139. The zero-order valence-electron chi connectivity index (χ0n) is 10.5. The minimum absolute atomic E-state index is 0.139. The highest BCUT2D eigenvalue weighted by Gasteiger charge is 2.15. The maximum atomic E-state index is 6.64. The van der Waals surface area contributed by atoms with Gasteiger partial charge >= 0.3 is 0 Å². The number of thiophene rings is 1. The van der Waals surface area contributed by atoms with E-state index in [0.717, 1.165) is 16.2 Å². The van der Waals surface area contributed by atoms with Crippen molar-refractivity contribution < 1.29 is 4.74 Å². The molecule has 3 aromatic rings. The van der Waals surface area contributed by atoms with E-state index >= 15 is 0 Å². The Morgan fingerprint density at radius 2 is 1.89 bits per heavy atom. The van der Waals surface area contributed by atoms with Gasteiger partial charge in [0, 0.05) is 10.3 Å². The summed E-state index contributed by atoms with van der Waals surface area (Å²) in [5.41, 5.74) is 1.14. The van der Waals surface area contributed by atoms with Crippen molar-refractivity contribution in [2.75, 3.05) is 7.11 Å². The Labute approximate surface area is 121 Å². The maximum absolute atomic E-state index is 6.64. The molecule has 1 nitrogen and oxygen atoms in total. The number of ether oxygens (including phenoxy) is 1. The van der Waals surface area contributed by atoms with Crippen LogP contribution in [0.15, 0.2) is 53.9 Å². The summed E-state index contributed by atoms with van der Waals surface area (Å²) in [5.74, 6) is 0.867. The summed E-state index contributed by atoms with van der Waals surface area (Å²) in [7, 11) is 1.67. The summed E-state index contributed by atoms with van der Waals surface area (Å²) >= 11 is 8.26. The summed E-state index contributed by atoms with van der Waals surface area (Å²) in [6.07, 6.45) is 0. The van der Waals surface area contributed by atoms with Crippen molar-refractivity contribution in [3.05, 3.63) is 64.4 Å². The SMILES string of the molecule is COc1csc(C(Cl)c2cccc3ccccc23)c1. The van der Waals surface area contributed by atoms with Crippen LogP contribution >= 0.6 is 22.9 Å². The minimum Gasteiger partial charge on any atom is -0.496 e. The predicted molar refractivity (Wildman–Crippen MR) is 82.5 cm³/mol. The van der Waals surface area contributed by atoms with Crippen LogP contribution in [-0.4, -0.2) is 7.11 Å². The summed E-state index contributed by atoms with van der Waals surface area (Å²) < 4.78 is 5.22. The van der Waals surface area contributed by atoms with E-state index in [4.69, 9.17) is 16.3 Å². The van der Waals surface area contributed by atoms with Gasteiger partial charge in [0.25, 0.3) is 0 Å². The van der Waals surface area contributed by atoms with Gasteiger partial charge in [-0.3, -0.25) is 0 Å². The van der Waals surface area contributed by atoms with Gasteiger partial charge in [0.05, 0.1) is 12.5 Å². The lowest BCUT2D eigenvalue weighted by Crippen LogP contribution is -1.91. The van der Waals surface area contributed by atoms with Crippen molar-refractivity contribution in [1.82, 2.24) is 0 Å². The maximum Gasteiger partial charge on any atom is 0.129 e. The van der Waals surface area contributed by atoms with Gasteiger partial charge in [-0.15, -0.1) is 22.9 Å². The Morgan fingerprint density at radius 1 is 1.11 bits per heavy atom. The molecule has 0 radical (unpaired) electrons. The molecule has 0 aliphatic heterocycles. The van der Waals surface area contributed by atoms with Crippen molar-refractivity contribution >= 4 is 33.7 Å². The summed E-state index contributed by atoms with van der Waals surface area (Å²) in [4.78, 5) is 1.11. The Bertz CT molecular complexity index is 699. The van der Waals surface area contributed by atoms with E-state index in [1.807, 2.05) is 23.6 Å². The van der Waals surface area contributed by atoms with Gasteiger partial charge in [-0.2, -0.15) is 0 Å². The number of fused-ring (bicyclic) bond motifs is 1. The first-order chi connectivity index (χ1) is 9.29. The standard InChI is InChI=1S/C16H13ClOS/c1-18-12-9-15(19-10-12)16(17)14-8-4-6-11-5-2-3-7-13(11)14/h2-10,16H,1H3. The van der Waals surface area contributed by atoms with Crippen molar-refractivity contribution in [3.8, 4) is 5.75 Å². The second kappa shape index (κ2) is 5.24. The fraction of sp³-hybridized carbons (Fsp3) is 0.125. The van der Waals surface area contributed by atoms with Crippen molar-refractivity contribution in [2.24, 2.45) is 0 Å². The molecular weight excluding hydrogens is 276 g/mol. The molecule has 1 unspecified atom stereocenters. The number of methoxy groups -OCH3 is 1. The van der Waals surface area contributed by atoms with Crippen LogP contribution in [0.4, 0.5) is 0 Å². The second-order valence-corrected chi connectivity index (χ2v) is 5.70. The highest BCUT2D eigenvalue weighted by molar-refractivity contribution is 7.10. The lowest BCUT2D eigenvalue weighted by atomic mass is 10.0. The number of rotatable bonds is 3. The van der Waals surface area contributed by atoms with Gasteiger partial charge in [0.1, 0.15) is 5.75 Å². The third kappa shape index (κ3) is 2.34. The lowest BCUT2D eigenvalue weighted by molar-refractivity contribution is 0.416. The van der Waals surface area contributed by atoms with Gasteiger partial charge < -0.3 is 4.74 Å². The van der Waals surface area contributed by atoms with Gasteiger partial charge in [-0.25, -0.2) is 0 Å². The molecule has 0 N–H and O–H groups in total. The van der Waals surface area contributed by atoms with Crippen molar-refractivity contribution in [2.45, 2.75) is 5.38 Å². The Kier molecular flexibility index (Phi) is 3.45. The average Bonchev–Trinajstić information content (AvgIpc) is 2.95. The van der Waals surface area contributed by atoms with Crippen LogP contribution < -0.4 is 4.74 Å². The zero-order valence-corrected chi connectivity index (χ0v) is 12.0. The Morgan fingerprint density at radius 3 is 2.68 bits per heavy atom. The molecule has 3 rings (SSSR count). The van der Waals surface area contributed by atoms with Crippen LogP contribution in [0.5, 0.6) is 5.75 Å². The first-order valence-electron chi connectivity index (χ1n) is 6.04. The quantitative estimate of drug-likeness (QED) is 0.599. The third-order valence-corrected chi connectivity index (χ3v) is 4.75. The molecule has 0 fully saturated rings. The van der Waals surface area contributed by atoms with E-state index in [1.54, 1.807) is 18.4 Å². The number of benzene rings is 2. The summed E-state index contributed by atoms with van der Waals surface area (Å²) in [6, 6.07) is 16.6. The number of hydrogen-bond acceptors (Lipinski definition) is 2. The Balaban J connectivity index is 2.08. The van der Waals surface area contributed by atoms with E-state index in [1.165, 1.54) is 10.8 Å². The normalized spacial score (nSPS) is 12.5. The second-order valence-electron chi connectivity index (χ2n) is 4.32. The van der Waals surface area contributed by atoms with Crippen LogP contribution in [0.3, 0.4) is 0 Å². The number of alkyl halides is 1. The molecule has 2 aromatic carbocycles. The monoisotopic (exact) mass is 288 g/mol. The van der Waals surface area contributed by atoms with E-state index in [-0.39, 0.29) is 5.38 Å². The van der Waals surface area contributed by atoms with Crippen LogP contribution in [0.1, 0.15) is 15.8 Å². The van der Waals surface area contributed by atoms with Crippen LogP contribution in [0.2, 0.25) is 0 Å². The highest BCUT2D eigenvalue weighted by Crippen LogP contribution is 2.38. The molecule has 1 heterocycles. The van der Waals surface area contributed by atoms with Crippen LogP contribution in [-0.2, 0) is 0 Å². The van der Waals surface area contributed by atoms with Crippen molar-refractivity contribution in [1.29, 1.82) is 0 Å². The first-order valence-corrected chi connectivity index (χ1v) is 7.35. The van der Waals surface area contributed by atoms with Gasteiger partial charge in [0.15, 0.2) is 0 Å². The topological polar surface area (TPSA) is 9.23 Å². The fourth-order valence-corrected chi connectivity index (χ4v) is 3.45. The smallest absolute Gasteiger partial charge is 0.129 e. The zero-order chi connectivity index (χ0) is 13.2. The van der Waals surface area contributed by atoms with E-state index in [9.17, 15) is 0 Å². The predicted octanol–water partition coefficient (Wildman–Crippen LogP) is 5.24. The molecule has 0 aliphatic rings. The lowest BCUT2D eigenvalue weighted by Gasteiger charge is -2.11. The number of halogens is 1. The fourth-order valence-electron chi connectivity index (χ4n) is 2.20. The average molecular weight is 289 g/mol. The Hall–Kier alpha value is -1.51. The summed E-state index contributed by atoms with van der Waals surface area (Å²) in [6.45, 7) is 0. The molecule has 0 aliphatic carbocycles. The van der Waals surface area contributed by atoms with Gasteiger partial charge in [-0.05, 0) is 22.4 Å². The largest absolute Gasteiger partial charge is 0.496 e. The molecule has 96 valence electrons. The molecule has 0 amide bonds. The summed E-state index contributed by atoms with van der Waals surface area (Å²) in [5, 5.41) is 4.27. The molecule has 19 heavy (non-hydrogen) atoms. The highest BCUT2D eigenvalue weighted by atomic mass is 35.5. The molecule has 3 heteroatoms. The number of hydrogen-bond donors (Lipinski definition) is 0. The van der Waals surface area contributed by atoms with Gasteiger partial charge in [-0.1, -0.05) is 42.5 Å². The molecule has 0 spiro atoms. The molecule has 0 saturated heterocycles.